The van der Waals surface area contributed by atoms with Crippen LogP contribution in [0.5, 0.6) is 0 Å². The van der Waals surface area contributed by atoms with Crippen LogP contribution in [-0.2, 0) is 6.54 Å². The van der Waals surface area contributed by atoms with Crippen molar-refractivity contribution in [1.29, 1.82) is 0 Å². The number of benzene rings is 1. The Morgan fingerprint density at radius 3 is 2.87 bits per heavy atom. The highest BCUT2D eigenvalue weighted by molar-refractivity contribution is 5.83. The standard InChI is InChI=1S/C13H18N2/c1-3-10(2)9-15-7-6-11-4-5-12(14)8-13(11)15/h4-8,10H,3,9,14H2,1-2H3. The zero-order valence-corrected chi connectivity index (χ0v) is 9.40. The fourth-order valence-corrected chi connectivity index (χ4v) is 1.83. The summed E-state index contributed by atoms with van der Waals surface area (Å²) in [6.45, 7) is 5.58. The van der Waals surface area contributed by atoms with E-state index in [9.17, 15) is 0 Å². The molecule has 0 aliphatic rings. The zero-order chi connectivity index (χ0) is 10.8. The second kappa shape index (κ2) is 3.97. The summed E-state index contributed by atoms with van der Waals surface area (Å²) in [4.78, 5) is 0. The van der Waals surface area contributed by atoms with Crippen LogP contribution in [-0.4, -0.2) is 4.57 Å². The normalized spacial score (nSPS) is 13.2. The maximum Gasteiger partial charge on any atom is 0.0500 e. The molecule has 2 rings (SSSR count). The third-order valence-corrected chi connectivity index (χ3v) is 3.00. The molecule has 0 amide bonds. The van der Waals surface area contributed by atoms with Crippen molar-refractivity contribution in [2.24, 2.45) is 5.92 Å². The molecule has 1 unspecified atom stereocenters. The van der Waals surface area contributed by atoms with Gasteiger partial charge < -0.3 is 10.3 Å². The van der Waals surface area contributed by atoms with Gasteiger partial charge in [-0.2, -0.15) is 0 Å². The van der Waals surface area contributed by atoms with Gasteiger partial charge in [-0.05, 0) is 29.5 Å². The minimum atomic E-state index is 0.710. The van der Waals surface area contributed by atoms with Crippen molar-refractivity contribution in [2.45, 2.75) is 26.8 Å². The average Bonchev–Trinajstić information content (AvgIpc) is 2.61. The quantitative estimate of drug-likeness (QED) is 0.761. The van der Waals surface area contributed by atoms with Crippen molar-refractivity contribution in [2.75, 3.05) is 5.73 Å². The third kappa shape index (κ3) is 1.99. The molecule has 0 spiro atoms. The highest BCUT2D eigenvalue weighted by Crippen LogP contribution is 2.20. The third-order valence-electron chi connectivity index (χ3n) is 3.00. The molecule has 2 aromatic rings. The van der Waals surface area contributed by atoms with Gasteiger partial charge in [0.25, 0.3) is 0 Å². The van der Waals surface area contributed by atoms with Crippen LogP contribution in [0.15, 0.2) is 30.5 Å². The Morgan fingerprint density at radius 2 is 2.13 bits per heavy atom. The van der Waals surface area contributed by atoms with Crippen LogP contribution in [0.25, 0.3) is 10.9 Å². The summed E-state index contributed by atoms with van der Waals surface area (Å²) in [5.41, 5.74) is 7.89. The van der Waals surface area contributed by atoms with Gasteiger partial charge in [-0.25, -0.2) is 0 Å². The predicted octanol–water partition coefficient (Wildman–Crippen LogP) is 3.27. The molecule has 0 fully saturated rings. The van der Waals surface area contributed by atoms with Gasteiger partial charge in [0.2, 0.25) is 0 Å². The van der Waals surface area contributed by atoms with E-state index in [0.29, 0.717) is 5.92 Å². The minimum Gasteiger partial charge on any atom is -0.399 e. The molecule has 1 heterocycles. The lowest BCUT2D eigenvalue weighted by molar-refractivity contribution is 0.477. The molecule has 80 valence electrons. The highest BCUT2D eigenvalue weighted by Gasteiger charge is 2.04. The van der Waals surface area contributed by atoms with E-state index in [4.69, 9.17) is 5.73 Å². The van der Waals surface area contributed by atoms with E-state index in [2.05, 4.69) is 42.8 Å². The number of nitrogen functional groups attached to an aromatic ring is 1. The molecule has 0 saturated heterocycles. The number of fused-ring (bicyclic) bond motifs is 1. The molecule has 0 bridgehead atoms. The topological polar surface area (TPSA) is 30.9 Å². The Morgan fingerprint density at radius 1 is 1.33 bits per heavy atom. The molecule has 1 atom stereocenters. The summed E-state index contributed by atoms with van der Waals surface area (Å²) < 4.78 is 2.29. The van der Waals surface area contributed by atoms with Crippen LogP contribution < -0.4 is 5.73 Å². The first kappa shape index (κ1) is 10.1. The molecule has 2 nitrogen and oxygen atoms in total. The zero-order valence-electron chi connectivity index (χ0n) is 9.40. The summed E-state index contributed by atoms with van der Waals surface area (Å²) in [7, 11) is 0. The number of nitrogens with two attached hydrogens (primary N) is 1. The smallest absolute Gasteiger partial charge is 0.0500 e. The summed E-state index contributed by atoms with van der Waals surface area (Å²) in [5, 5.41) is 1.27. The highest BCUT2D eigenvalue weighted by atomic mass is 15.0. The summed E-state index contributed by atoms with van der Waals surface area (Å²) in [6.07, 6.45) is 3.36. The molecular weight excluding hydrogens is 184 g/mol. The van der Waals surface area contributed by atoms with E-state index >= 15 is 0 Å². The maximum absolute atomic E-state index is 5.80. The van der Waals surface area contributed by atoms with E-state index in [1.807, 2.05) is 6.07 Å². The van der Waals surface area contributed by atoms with Gasteiger partial charge in [0, 0.05) is 18.4 Å². The van der Waals surface area contributed by atoms with Gasteiger partial charge in [0.1, 0.15) is 0 Å². The molecule has 0 aliphatic carbocycles. The molecule has 0 radical (unpaired) electrons. The Balaban J connectivity index is 2.39. The summed E-state index contributed by atoms with van der Waals surface area (Å²) in [5.74, 6) is 0.710. The number of anilines is 1. The second-order valence-electron chi connectivity index (χ2n) is 4.30. The monoisotopic (exact) mass is 202 g/mol. The van der Waals surface area contributed by atoms with Crippen molar-refractivity contribution in [1.82, 2.24) is 4.57 Å². The lowest BCUT2D eigenvalue weighted by atomic mass is 10.1. The van der Waals surface area contributed by atoms with Gasteiger partial charge in [0.05, 0.1) is 5.52 Å². The summed E-state index contributed by atoms with van der Waals surface area (Å²) >= 11 is 0. The minimum absolute atomic E-state index is 0.710. The van der Waals surface area contributed by atoms with E-state index in [0.717, 1.165) is 12.2 Å². The van der Waals surface area contributed by atoms with E-state index in [1.165, 1.54) is 17.3 Å². The van der Waals surface area contributed by atoms with E-state index < -0.39 is 0 Å². The molecule has 2 N–H and O–H groups in total. The molecule has 0 aliphatic heterocycles. The Kier molecular flexibility index (Phi) is 2.67. The average molecular weight is 202 g/mol. The molecule has 1 aromatic heterocycles. The Labute approximate surface area is 90.7 Å². The first-order valence-corrected chi connectivity index (χ1v) is 5.55. The van der Waals surface area contributed by atoms with Crippen LogP contribution in [0.4, 0.5) is 5.69 Å². The molecule has 15 heavy (non-hydrogen) atoms. The van der Waals surface area contributed by atoms with Crippen molar-refractivity contribution >= 4 is 16.6 Å². The number of hydrogen-bond acceptors (Lipinski definition) is 1. The van der Waals surface area contributed by atoms with Crippen molar-refractivity contribution in [3.63, 3.8) is 0 Å². The fraction of sp³-hybridized carbons (Fsp3) is 0.385. The lowest BCUT2D eigenvalue weighted by Gasteiger charge is -2.11. The van der Waals surface area contributed by atoms with Gasteiger partial charge in [-0.15, -0.1) is 0 Å². The van der Waals surface area contributed by atoms with E-state index in [1.54, 1.807) is 0 Å². The second-order valence-corrected chi connectivity index (χ2v) is 4.30. The van der Waals surface area contributed by atoms with Crippen molar-refractivity contribution in [3.8, 4) is 0 Å². The molecular formula is C13H18N2. The fourth-order valence-electron chi connectivity index (χ4n) is 1.83. The number of aromatic nitrogens is 1. The van der Waals surface area contributed by atoms with Crippen LogP contribution in [0.3, 0.4) is 0 Å². The van der Waals surface area contributed by atoms with Crippen LogP contribution in [0, 0.1) is 5.92 Å². The summed E-state index contributed by atoms with van der Waals surface area (Å²) in [6, 6.07) is 8.24. The van der Waals surface area contributed by atoms with Crippen molar-refractivity contribution < 1.29 is 0 Å². The lowest BCUT2D eigenvalue weighted by Crippen LogP contribution is -2.05. The number of rotatable bonds is 3. The number of nitrogens with zero attached hydrogens (tertiary/aromatic N) is 1. The van der Waals surface area contributed by atoms with Crippen molar-refractivity contribution in [3.05, 3.63) is 30.5 Å². The number of hydrogen-bond donors (Lipinski definition) is 1. The first-order chi connectivity index (χ1) is 7.20. The Bertz CT molecular complexity index is 457. The van der Waals surface area contributed by atoms with Crippen LogP contribution in [0.1, 0.15) is 20.3 Å². The van der Waals surface area contributed by atoms with Gasteiger partial charge >= 0.3 is 0 Å². The molecule has 1 aromatic carbocycles. The SMILES string of the molecule is CCC(C)Cn1ccc2ccc(N)cc21. The first-order valence-electron chi connectivity index (χ1n) is 5.55. The maximum atomic E-state index is 5.80. The van der Waals surface area contributed by atoms with Gasteiger partial charge in [-0.1, -0.05) is 26.3 Å². The molecule has 0 saturated carbocycles. The van der Waals surface area contributed by atoms with Gasteiger partial charge in [-0.3, -0.25) is 0 Å². The largest absolute Gasteiger partial charge is 0.399 e. The van der Waals surface area contributed by atoms with E-state index in [-0.39, 0.29) is 0 Å². The van der Waals surface area contributed by atoms with Crippen LogP contribution in [0.2, 0.25) is 0 Å². The predicted molar refractivity (Wildman–Crippen MR) is 65.8 cm³/mol. The van der Waals surface area contributed by atoms with Crippen LogP contribution >= 0.6 is 0 Å². The van der Waals surface area contributed by atoms with Gasteiger partial charge in [0.15, 0.2) is 0 Å². The Hall–Kier alpha value is -1.44. The molecule has 2 heteroatoms.